The van der Waals surface area contributed by atoms with E-state index in [0.717, 1.165) is 28.3 Å². The minimum atomic E-state index is -2.89. The van der Waals surface area contributed by atoms with E-state index in [1.54, 1.807) is 24.3 Å². The number of amides is 2. The Labute approximate surface area is 215 Å². The van der Waals surface area contributed by atoms with Crippen LogP contribution in [0.5, 0.6) is 0 Å². The monoisotopic (exact) mass is 531 g/mol. The van der Waals surface area contributed by atoms with Crippen molar-refractivity contribution in [2.75, 3.05) is 10.2 Å². The average Bonchev–Trinajstić information content (AvgIpc) is 3.25. The number of alkyl halides is 2. The van der Waals surface area contributed by atoms with Crippen molar-refractivity contribution in [2.24, 2.45) is 0 Å². The predicted octanol–water partition coefficient (Wildman–Crippen LogP) is 5.64. The van der Waals surface area contributed by atoms with Crippen molar-refractivity contribution < 1.29 is 27.2 Å². The number of halogens is 5. The molecule has 0 radical (unpaired) electrons. The van der Waals surface area contributed by atoms with Crippen LogP contribution in [0, 0.1) is 11.6 Å². The van der Waals surface area contributed by atoms with Gasteiger partial charge in [0, 0.05) is 47.6 Å². The Hall–Kier alpha value is -3.59. The minimum absolute atomic E-state index is 0.124. The van der Waals surface area contributed by atoms with Gasteiger partial charge in [0.1, 0.15) is 23.7 Å². The van der Waals surface area contributed by atoms with Gasteiger partial charge in [-0.3, -0.25) is 14.5 Å². The second-order valence-electron chi connectivity index (χ2n) is 9.29. The maximum atomic E-state index is 14.3. The maximum Gasteiger partial charge on any atom is 0.252 e. The van der Waals surface area contributed by atoms with E-state index in [2.05, 4.69) is 10.6 Å². The lowest BCUT2D eigenvalue weighted by molar-refractivity contribution is -0.132. The van der Waals surface area contributed by atoms with Crippen molar-refractivity contribution in [1.82, 2.24) is 5.32 Å². The van der Waals surface area contributed by atoms with Crippen LogP contribution in [-0.4, -0.2) is 29.8 Å². The van der Waals surface area contributed by atoms with Gasteiger partial charge in [-0.25, -0.2) is 17.6 Å². The highest BCUT2D eigenvalue weighted by Crippen LogP contribution is 2.39. The van der Waals surface area contributed by atoms with Crippen molar-refractivity contribution >= 4 is 34.8 Å². The Morgan fingerprint density at radius 3 is 2.30 bits per heavy atom. The fourth-order valence-electron chi connectivity index (χ4n) is 4.83. The summed E-state index contributed by atoms with van der Waals surface area (Å²) in [6.07, 6.45) is -0.818. The molecule has 2 aliphatic rings. The highest BCUT2D eigenvalue weighted by molar-refractivity contribution is 6.31. The molecule has 2 unspecified atom stereocenters. The molecule has 5 nitrogen and oxygen atoms in total. The molecule has 1 fully saturated rings. The summed E-state index contributed by atoms with van der Waals surface area (Å²) in [5.74, 6) is -6.22. The van der Waals surface area contributed by atoms with E-state index in [9.17, 15) is 27.2 Å². The van der Waals surface area contributed by atoms with Gasteiger partial charge in [0.05, 0.1) is 5.69 Å². The summed E-state index contributed by atoms with van der Waals surface area (Å²) in [5.41, 5.74) is 1.56. The number of carbonyl (C=O) groups is 2. The van der Waals surface area contributed by atoms with Crippen molar-refractivity contribution in [1.29, 1.82) is 0 Å². The van der Waals surface area contributed by atoms with Gasteiger partial charge in [-0.2, -0.15) is 0 Å². The van der Waals surface area contributed by atoms with E-state index in [-0.39, 0.29) is 22.7 Å². The molecule has 2 N–H and O–H groups in total. The summed E-state index contributed by atoms with van der Waals surface area (Å²) < 4.78 is 55.6. The first kappa shape index (κ1) is 25.1. The number of nitrogens with zero attached hydrogens (tertiary/aromatic N) is 1. The van der Waals surface area contributed by atoms with Gasteiger partial charge in [-0.15, -0.1) is 0 Å². The van der Waals surface area contributed by atoms with E-state index in [0.29, 0.717) is 6.07 Å². The Bertz CT molecular complexity index is 1320. The Kier molecular flexibility index (Phi) is 6.58. The minimum Gasteiger partial charge on any atom is -0.373 e. The first-order valence-corrected chi connectivity index (χ1v) is 12.1. The number of anilines is 2. The lowest BCUT2D eigenvalue weighted by Crippen LogP contribution is -2.55. The number of carbonyl (C=O) groups excluding carboxylic acids is 2. The summed E-state index contributed by atoms with van der Waals surface area (Å²) in [4.78, 5) is 28.6. The largest absolute Gasteiger partial charge is 0.373 e. The Balaban J connectivity index is 1.58. The molecule has 1 aliphatic carbocycles. The molecular weight excluding hydrogens is 510 g/mol. The highest BCUT2D eigenvalue weighted by atomic mass is 35.5. The second-order valence-corrected chi connectivity index (χ2v) is 9.70. The van der Waals surface area contributed by atoms with Crippen LogP contribution in [0.25, 0.3) is 0 Å². The van der Waals surface area contributed by atoms with Gasteiger partial charge < -0.3 is 10.6 Å². The van der Waals surface area contributed by atoms with Crippen LogP contribution < -0.4 is 15.5 Å². The van der Waals surface area contributed by atoms with E-state index >= 15 is 0 Å². The second kappa shape index (κ2) is 9.70. The van der Waals surface area contributed by atoms with Gasteiger partial charge in [0.15, 0.2) is 0 Å². The molecule has 0 saturated heterocycles. The molecule has 2 amide bonds. The topological polar surface area (TPSA) is 61.4 Å². The lowest BCUT2D eigenvalue weighted by atomic mass is 9.87. The number of rotatable bonds is 6. The van der Waals surface area contributed by atoms with E-state index in [4.69, 9.17) is 11.6 Å². The molecule has 3 aromatic carbocycles. The maximum absolute atomic E-state index is 14.3. The number of para-hydroxylation sites is 1. The predicted molar refractivity (Wildman–Crippen MR) is 132 cm³/mol. The number of hydrogen-bond donors (Lipinski definition) is 2. The van der Waals surface area contributed by atoms with Crippen LogP contribution in [0.3, 0.4) is 0 Å². The van der Waals surface area contributed by atoms with Crippen LogP contribution in [-0.2, 0) is 16.0 Å². The van der Waals surface area contributed by atoms with Gasteiger partial charge in [-0.05, 0) is 29.8 Å². The van der Waals surface area contributed by atoms with Crippen molar-refractivity contribution in [2.45, 2.75) is 43.3 Å². The number of hydrogen-bond acceptors (Lipinski definition) is 3. The summed E-state index contributed by atoms with van der Waals surface area (Å²) in [7, 11) is 0. The molecule has 0 bridgehead atoms. The SMILES string of the molecule is O=C(NC1CC(F)(F)C1)C(c1ccccc1Cl)N(C(=O)C1Cc2ccccc2N1)c1cc(F)cc(F)c1. The van der Waals surface area contributed by atoms with Gasteiger partial charge in [-0.1, -0.05) is 48.0 Å². The number of benzene rings is 3. The molecule has 2 atom stereocenters. The van der Waals surface area contributed by atoms with Crippen LogP contribution in [0.1, 0.15) is 30.0 Å². The zero-order valence-electron chi connectivity index (χ0n) is 19.4. The molecule has 37 heavy (non-hydrogen) atoms. The molecule has 1 saturated carbocycles. The van der Waals surface area contributed by atoms with Crippen molar-refractivity contribution in [3.8, 4) is 0 Å². The van der Waals surface area contributed by atoms with Gasteiger partial charge in [0.25, 0.3) is 11.8 Å². The van der Waals surface area contributed by atoms with Crippen LogP contribution in [0.4, 0.5) is 28.9 Å². The fourth-order valence-corrected chi connectivity index (χ4v) is 5.07. The summed E-state index contributed by atoms with van der Waals surface area (Å²) in [6, 6.07) is 12.9. The van der Waals surface area contributed by atoms with Gasteiger partial charge in [0.2, 0.25) is 5.91 Å². The van der Waals surface area contributed by atoms with Crippen LogP contribution >= 0.6 is 11.6 Å². The zero-order chi connectivity index (χ0) is 26.3. The number of fused-ring (bicyclic) bond motifs is 1. The normalized spacial score (nSPS) is 18.8. The van der Waals surface area contributed by atoms with Crippen LogP contribution in [0.2, 0.25) is 5.02 Å². The third-order valence-corrected chi connectivity index (χ3v) is 6.92. The third kappa shape index (κ3) is 5.13. The molecule has 10 heteroatoms. The van der Waals surface area contributed by atoms with E-state index in [1.165, 1.54) is 12.1 Å². The summed E-state index contributed by atoms with van der Waals surface area (Å²) in [5, 5.41) is 5.79. The third-order valence-electron chi connectivity index (χ3n) is 6.57. The Morgan fingerprint density at radius 1 is 1.00 bits per heavy atom. The lowest BCUT2D eigenvalue weighted by Gasteiger charge is -2.38. The van der Waals surface area contributed by atoms with E-state index in [1.807, 2.05) is 12.1 Å². The zero-order valence-corrected chi connectivity index (χ0v) is 20.1. The van der Waals surface area contributed by atoms with Crippen molar-refractivity contribution in [3.63, 3.8) is 0 Å². The number of nitrogens with one attached hydrogen (secondary N) is 2. The fraction of sp³-hybridized carbons (Fsp3) is 0.259. The Morgan fingerprint density at radius 2 is 1.65 bits per heavy atom. The molecule has 1 heterocycles. The summed E-state index contributed by atoms with van der Waals surface area (Å²) >= 11 is 6.42. The summed E-state index contributed by atoms with van der Waals surface area (Å²) in [6.45, 7) is 0. The first-order valence-electron chi connectivity index (χ1n) is 11.7. The smallest absolute Gasteiger partial charge is 0.252 e. The highest BCUT2D eigenvalue weighted by Gasteiger charge is 2.47. The molecule has 0 aromatic heterocycles. The van der Waals surface area contributed by atoms with Crippen molar-refractivity contribution in [3.05, 3.63) is 94.5 Å². The molecule has 3 aromatic rings. The van der Waals surface area contributed by atoms with Gasteiger partial charge >= 0.3 is 0 Å². The molecule has 192 valence electrons. The van der Waals surface area contributed by atoms with E-state index < -0.39 is 60.3 Å². The molecule has 5 rings (SSSR count). The molecular formula is C27H22ClF4N3O2. The van der Waals surface area contributed by atoms with Crippen LogP contribution in [0.15, 0.2) is 66.7 Å². The average molecular weight is 532 g/mol. The molecule has 0 spiro atoms. The quantitative estimate of drug-likeness (QED) is 0.405. The first-order chi connectivity index (χ1) is 17.6. The standard InChI is InChI=1S/C27H22ClF4N3O2/c28-21-7-3-2-6-20(21)24(25(36)33-18-13-27(31,32)14-18)35(19-11-16(29)10-17(30)12-19)26(37)23-9-15-5-1-4-8-22(15)34-23/h1-8,10-12,18,23-24,34H,9,13-14H2,(H,33,36). The molecule has 1 aliphatic heterocycles.